The molecule has 0 aliphatic rings. The number of nitrogens with one attached hydrogen (secondary N) is 2. The minimum absolute atomic E-state index is 0.0319. The third-order valence-corrected chi connectivity index (χ3v) is 5.47. The molecule has 0 saturated heterocycles. The number of carbonyl (C=O) groups excluding carboxylic acids is 1. The third kappa shape index (κ3) is 4.55. The first-order valence-corrected chi connectivity index (χ1v) is 10.1. The molecule has 0 aliphatic heterocycles. The van der Waals surface area contributed by atoms with Crippen molar-refractivity contribution in [2.75, 3.05) is 17.1 Å². The Kier molecular flexibility index (Phi) is 5.98. The predicted molar refractivity (Wildman–Crippen MR) is 111 cm³/mol. The molecule has 2 N–H and O–H groups in total. The molecular formula is C20H17N3O6S. The molecule has 0 atom stereocenters. The summed E-state index contributed by atoms with van der Waals surface area (Å²) in [6, 6.07) is 18.0. The van der Waals surface area contributed by atoms with Gasteiger partial charge >= 0.3 is 5.69 Å². The Morgan fingerprint density at radius 1 is 1.00 bits per heavy atom. The van der Waals surface area contributed by atoms with E-state index in [1.807, 2.05) is 0 Å². The van der Waals surface area contributed by atoms with E-state index >= 15 is 0 Å². The molecule has 0 aliphatic carbocycles. The zero-order valence-corrected chi connectivity index (χ0v) is 16.5. The molecule has 9 nitrogen and oxygen atoms in total. The molecule has 1 amide bonds. The lowest BCUT2D eigenvalue weighted by Crippen LogP contribution is -2.18. The lowest BCUT2D eigenvalue weighted by atomic mass is 10.1. The van der Waals surface area contributed by atoms with Gasteiger partial charge in [-0.25, -0.2) is 8.42 Å². The fraction of sp³-hybridized carbons (Fsp3) is 0.0500. The lowest BCUT2D eigenvalue weighted by molar-refractivity contribution is -0.386. The molecule has 0 fully saturated rings. The smallest absolute Gasteiger partial charge is 0.312 e. The number of para-hydroxylation sites is 2. The highest BCUT2D eigenvalue weighted by atomic mass is 32.2. The number of benzene rings is 3. The van der Waals surface area contributed by atoms with E-state index < -0.39 is 26.5 Å². The quantitative estimate of drug-likeness (QED) is 0.437. The van der Waals surface area contributed by atoms with Gasteiger partial charge in [0.05, 0.1) is 28.2 Å². The van der Waals surface area contributed by atoms with Crippen molar-refractivity contribution < 1.29 is 22.9 Å². The minimum atomic E-state index is -4.21. The molecule has 10 heteroatoms. The van der Waals surface area contributed by atoms with Gasteiger partial charge in [0.25, 0.3) is 15.9 Å². The minimum Gasteiger partial charge on any atom is -0.490 e. The van der Waals surface area contributed by atoms with Crippen molar-refractivity contribution in [3.63, 3.8) is 0 Å². The van der Waals surface area contributed by atoms with E-state index in [0.29, 0.717) is 5.69 Å². The topological polar surface area (TPSA) is 128 Å². The van der Waals surface area contributed by atoms with Crippen molar-refractivity contribution in [3.05, 3.63) is 88.5 Å². The lowest BCUT2D eigenvalue weighted by Gasteiger charge is -2.13. The first-order valence-electron chi connectivity index (χ1n) is 8.62. The number of nitro benzene ring substituents is 1. The van der Waals surface area contributed by atoms with Crippen molar-refractivity contribution >= 4 is 33.0 Å². The molecule has 0 bridgehead atoms. The van der Waals surface area contributed by atoms with Crippen molar-refractivity contribution in [2.24, 2.45) is 0 Å². The van der Waals surface area contributed by atoms with E-state index in [0.717, 1.165) is 6.07 Å². The Labute approximate surface area is 172 Å². The largest absolute Gasteiger partial charge is 0.490 e. The average Bonchev–Trinajstić information content (AvgIpc) is 2.74. The average molecular weight is 427 g/mol. The number of sulfonamides is 1. The van der Waals surface area contributed by atoms with Gasteiger partial charge in [0, 0.05) is 11.8 Å². The molecule has 0 unspecified atom stereocenters. The van der Waals surface area contributed by atoms with Crippen LogP contribution in [0.25, 0.3) is 0 Å². The first kappa shape index (κ1) is 20.8. The number of methoxy groups -OCH3 is 1. The summed E-state index contributed by atoms with van der Waals surface area (Å²) in [4.78, 5) is 22.7. The van der Waals surface area contributed by atoms with Crippen LogP contribution in [0.1, 0.15) is 10.4 Å². The van der Waals surface area contributed by atoms with Crippen LogP contribution in [-0.4, -0.2) is 26.4 Å². The van der Waals surface area contributed by atoms with Crippen LogP contribution < -0.4 is 14.8 Å². The van der Waals surface area contributed by atoms with E-state index in [9.17, 15) is 23.3 Å². The van der Waals surface area contributed by atoms with Crippen LogP contribution >= 0.6 is 0 Å². The number of nitro groups is 1. The van der Waals surface area contributed by atoms with Gasteiger partial charge in [0.1, 0.15) is 0 Å². The van der Waals surface area contributed by atoms with Crippen molar-refractivity contribution in [1.29, 1.82) is 0 Å². The summed E-state index contributed by atoms with van der Waals surface area (Å²) in [5, 5.41) is 13.9. The van der Waals surface area contributed by atoms with E-state index in [-0.39, 0.29) is 21.9 Å². The van der Waals surface area contributed by atoms with Gasteiger partial charge in [0.2, 0.25) is 0 Å². The molecule has 154 valence electrons. The zero-order chi connectivity index (χ0) is 21.7. The summed E-state index contributed by atoms with van der Waals surface area (Å²) in [6.45, 7) is 0. The summed E-state index contributed by atoms with van der Waals surface area (Å²) >= 11 is 0. The Morgan fingerprint density at radius 2 is 1.67 bits per heavy atom. The van der Waals surface area contributed by atoms with Gasteiger partial charge in [0.15, 0.2) is 5.75 Å². The molecule has 0 aromatic heterocycles. The van der Waals surface area contributed by atoms with Gasteiger partial charge in [-0.2, -0.15) is 0 Å². The third-order valence-electron chi connectivity index (χ3n) is 4.10. The number of nitrogens with zero attached hydrogens (tertiary/aromatic N) is 1. The summed E-state index contributed by atoms with van der Waals surface area (Å²) in [6.07, 6.45) is 0. The van der Waals surface area contributed by atoms with Crippen LogP contribution in [-0.2, 0) is 10.0 Å². The van der Waals surface area contributed by atoms with Crippen LogP contribution in [0, 0.1) is 10.1 Å². The van der Waals surface area contributed by atoms with Gasteiger partial charge < -0.3 is 10.1 Å². The number of amides is 1. The highest BCUT2D eigenvalue weighted by Gasteiger charge is 2.23. The maximum absolute atomic E-state index is 12.8. The fourth-order valence-electron chi connectivity index (χ4n) is 2.67. The number of hydrogen-bond donors (Lipinski definition) is 2. The normalized spacial score (nSPS) is 10.8. The van der Waals surface area contributed by atoms with E-state index in [1.54, 1.807) is 42.5 Å². The molecule has 0 radical (unpaired) electrons. The second-order valence-corrected chi connectivity index (χ2v) is 7.74. The monoisotopic (exact) mass is 427 g/mol. The summed E-state index contributed by atoms with van der Waals surface area (Å²) in [5.74, 6) is -0.582. The molecule has 3 aromatic carbocycles. The molecule has 3 aromatic rings. The zero-order valence-electron chi connectivity index (χ0n) is 15.7. The molecular weight excluding hydrogens is 410 g/mol. The van der Waals surface area contributed by atoms with Gasteiger partial charge in [-0.1, -0.05) is 30.3 Å². The molecule has 30 heavy (non-hydrogen) atoms. The Morgan fingerprint density at radius 3 is 2.33 bits per heavy atom. The number of carbonyl (C=O) groups is 1. The van der Waals surface area contributed by atoms with Crippen LogP contribution in [0.3, 0.4) is 0 Å². The molecule has 0 heterocycles. The van der Waals surface area contributed by atoms with Crippen LogP contribution in [0.2, 0.25) is 0 Å². The molecule has 0 saturated carbocycles. The maximum Gasteiger partial charge on any atom is 0.312 e. The van der Waals surface area contributed by atoms with Crippen LogP contribution in [0.5, 0.6) is 5.75 Å². The molecule has 0 spiro atoms. The van der Waals surface area contributed by atoms with Crippen molar-refractivity contribution in [3.8, 4) is 5.75 Å². The fourth-order valence-corrected chi connectivity index (χ4v) is 3.77. The summed E-state index contributed by atoms with van der Waals surface area (Å²) in [7, 11) is -2.97. The second kappa shape index (κ2) is 8.62. The summed E-state index contributed by atoms with van der Waals surface area (Å²) < 4.78 is 32.8. The first-order chi connectivity index (χ1) is 14.3. The van der Waals surface area contributed by atoms with Crippen molar-refractivity contribution in [2.45, 2.75) is 4.90 Å². The number of rotatable bonds is 7. The van der Waals surface area contributed by atoms with Crippen molar-refractivity contribution in [1.82, 2.24) is 0 Å². The number of ether oxygens (including phenoxy) is 1. The highest BCUT2D eigenvalue weighted by molar-refractivity contribution is 7.92. The second-order valence-electron chi connectivity index (χ2n) is 6.06. The van der Waals surface area contributed by atoms with Crippen LogP contribution in [0.15, 0.2) is 77.7 Å². The Hall–Kier alpha value is -3.92. The Balaban J connectivity index is 1.92. The number of hydrogen-bond acceptors (Lipinski definition) is 6. The van der Waals surface area contributed by atoms with Gasteiger partial charge in [-0.05, 0) is 36.4 Å². The predicted octanol–water partition coefficient (Wildman–Crippen LogP) is 3.66. The van der Waals surface area contributed by atoms with Crippen LogP contribution in [0.4, 0.5) is 17.1 Å². The van der Waals surface area contributed by atoms with E-state index in [1.165, 1.54) is 31.4 Å². The highest BCUT2D eigenvalue weighted by Crippen LogP contribution is 2.30. The SMILES string of the molecule is COc1ccc(S(=O)(=O)Nc2ccccc2C(=O)Nc2ccccc2)cc1[N+](=O)[O-]. The number of anilines is 2. The molecule has 3 rings (SSSR count). The summed E-state index contributed by atoms with van der Waals surface area (Å²) in [5.41, 5.74) is 0.179. The van der Waals surface area contributed by atoms with Gasteiger partial charge in [-0.15, -0.1) is 0 Å². The Bertz CT molecular complexity index is 1200. The standard InChI is InChI=1S/C20H17N3O6S/c1-29-19-12-11-15(13-18(19)23(25)26)30(27,28)22-17-10-6-5-9-16(17)20(24)21-14-7-3-2-4-8-14/h2-13,22H,1H3,(H,21,24). The van der Waals surface area contributed by atoms with E-state index in [4.69, 9.17) is 4.74 Å². The van der Waals surface area contributed by atoms with Gasteiger partial charge in [-0.3, -0.25) is 19.6 Å². The maximum atomic E-state index is 12.8. The van der Waals surface area contributed by atoms with E-state index in [2.05, 4.69) is 10.0 Å².